The number of amides is 2. The summed E-state index contributed by atoms with van der Waals surface area (Å²) in [6, 6.07) is 13.4. The van der Waals surface area contributed by atoms with E-state index in [9.17, 15) is 4.79 Å². The van der Waals surface area contributed by atoms with Crippen LogP contribution in [0.2, 0.25) is 0 Å². The van der Waals surface area contributed by atoms with E-state index < -0.39 is 0 Å². The van der Waals surface area contributed by atoms with Crippen LogP contribution in [0.5, 0.6) is 0 Å². The summed E-state index contributed by atoms with van der Waals surface area (Å²) in [7, 11) is 0. The van der Waals surface area contributed by atoms with Gasteiger partial charge in [-0.2, -0.15) is 0 Å². The molecule has 1 aromatic carbocycles. The van der Waals surface area contributed by atoms with Gasteiger partial charge in [0.25, 0.3) is 0 Å². The maximum atomic E-state index is 12.2. The first kappa shape index (κ1) is 16.1. The smallest absolute Gasteiger partial charge is 0.321 e. The quantitative estimate of drug-likeness (QED) is 0.721. The maximum absolute atomic E-state index is 12.2. The fourth-order valence-corrected chi connectivity index (χ4v) is 3.10. The fraction of sp³-hybridized carbons (Fsp3) is 0.167. The second-order valence-corrected chi connectivity index (χ2v) is 6.10. The monoisotopic (exact) mass is 338 g/mol. The van der Waals surface area contributed by atoms with E-state index in [0.717, 1.165) is 23.2 Å². The highest BCUT2D eigenvalue weighted by molar-refractivity contribution is 7.14. The molecule has 0 fully saturated rings. The molecule has 0 unspecified atom stereocenters. The van der Waals surface area contributed by atoms with Crippen molar-refractivity contribution in [1.82, 2.24) is 15.3 Å². The molecule has 122 valence electrons. The Bertz CT molecular complexity index is 789. The maximum Gasteiger partial charge on any atom is 0.321 e. The SMILES string of the molecule is CC[C@H](NC(=O)Nc1nc(-c2ccncc2)cs1)c1ccccc1. The number of anilines is 1. The van der Waals surface area contributed by atoms with Crippen molar-refractivity contribution >= 4 is 22.5 Å². The molecule has 3 rings (SSSR count). The number of rotatable bonds is 5. The van der Waals surface area contributed by atoms with Crippen LogP contribution in [-0.2, 0) is 0 Å². The lowest BCUT2D eigenvalue weighted by Gasteiger charge is -2.17. The van der Waals surface area contributed by atoms with Gasteiger partial charge in [-0.1, -0.05) is 37.3 Å². The van der Waals surface area contributed by atoms with Crippen LogP contribution in [0.25, 0.3) is 11.3 Å². The number of nitrogens with zero attached hydrogens (tertiary/aromatic N) is 2. The molecular weight excluding hydrogens is 320 g/mol. The minimum absolute atomic E-state index is 0.0224. The van der Waals surface area contributed by atoms with E-state index in [-0.39, 0.29) is 12.1 Å². The first-order chi connectivity index (χ1) is 11.8. The van der Waals surface area contributed by atoms with Crippen LogP contribution in [0.15, 0.2) is 60.2 Å². The van der Waals surface area contributed by atoms with Gasteiger partial charge in [0.1, 0.15) is 0 Å². The zero-order chi connectivity index (χ0) is 16.8. The summed E-state index contributed by atoms with van der Waals surface area (Å²) >= 11 is 1.40. The number of hydrogen-bond donors (Lipinski definition) is 2. The standard InChI is InChI=1S/C18H18N4OS/c1-2-15(13-6-4-3-5-7-13)20-17(23)22-18-21-16(12-24-18)14-8-10-19-11-9-14/h3-12,15H,2H2,1H3,(H2,20,21,22,23)/t15-/m0/s1. The molecule has 0 saturated carbocycles. The number of carbonyl (C=O) groups excluding carboxylic acids is 1. The van der Waals surface area contributed by atoms with E-state index in [0.29, 0.717) is 5.13 Å². The summed E-state index contributed by atoms with van der Waals surface area (Å²) in [6.07, 6.45) is 4.26. The Morgan fingerprint density at radius 1 is 1.17 bits per heavy atom. The van der Waals surface area contributed by atoms with Gasteiger partial charge in [0, 0.05) is 23.3 Å². The van der Waals surface area contributed by atoms with Crippen molar-refractivity contribution in [3.63, 3.8) is 0 Å². The van der Waals surface area contributed by atoms with E-state index in [1.807, 2.05) is 54.8 Å². The highest BCUT2D eigenvalue weighted by atomic mass is 32.1. The van der Waals surface area contributed by atoms with Crippen molar-refractivity contribution < 1.29 is 4.79 Å². The number of aromatic nitrogens is 2. The van der Waals surface area contributed by atoms with Gasteiger partial charge in [0.15, 0.2) is 5.13 Å². The minimum Gasteiger partial charge on any atom is -0.331 e. The van der Waals surface area contributed by atoms with E-state index >= 15 is 0 Å². The average Bonchev–Trinajstić information content (AvgIpc) is 3.09. The van der Waals surface area contributed by atoms with Gasteiger partial charge in [-0.05, 0) is 24.1 Å². The molecule has 0 radical (unpaired) electrons. The van der Waals surface area contributed by atoms with Crippen LogP contribution in [0.4, 0.5) is 9.93 Å². The van der Waals surface area contributed by atoms with Crippen LogP contribution in [0, 0.1) is 0 Å². The molecular formula is C18H18N4OS. The number of thiazole rings is 1. The Balaban J connectivity index is 1.64. The number of hydrogen-bond acceptors (Lipinski definition) is 4. The molecule has 0 aliphatic rings. The molecule has 0 aliphatic heterocycles. The van der Waals surface area contributed by atoms with Crippen molar-refractivity contribution in [1.29, 1.82) is 0 Å². The van der Waals surface area contributed by atoms with Crippen molar-refractivity contribution in [2.24, 2.45) is 0 Å². The molecule has 2 N–H and O–H groups in total. The molecule has 3 aromatic rings. The largest absolute Gasteiger partial charge is 0.331 e. The molecule has 2 amide bonds. The normalized spacial score (nSPS) is 11.7. The molecule has 2 aromatic heterocycles. The van der Waals surface area contributed by atoms with E-state index in [4.69, 9.17) is 0 Å². The van der Waals surface area contributed by atoms with Crippen molar-refractivity contribution in [2.75, 3.05) is 5.32 Å². The van der Waals surface area contributed by atoms with Gasteiger partial charge >= 0.3 is 6.03 Å². The molecule has 6 heteroatoms. The van der Waals surface area contributed by atoms with E-state index in [1.54, 1.807) is 12.4 Å². The summed E-state index contributed by atoms with van der Waals surface area (Å²) < 4.78 is 0. The Kier molecular flexibility index (Phi) is 5.18. The molecule has 1 atom stereocenters. The first-order valence-corrected chi connectivity index (χ1v) is 8.62. The lowest BCUT2D eigenvalue weighted by Crippen LogP contribution is -2.32. The molecule has 24 heavy (non-hydrogen) atoms. The zero-order valence-electron chi connectivity index (χ0n) is 13.3. The number of urea groups is 1. The molecule has 5 nitrogen and oxygen atoms in total. The Morgan fingerprint density at radius 2 is 1.92 bits per heavy atom. The fourth-order valence-electron chi connectivity index (χ4n) is 2.38. The lowest BCUT2D eigenvalue weighted by molar-refractivity contribution is 0.248. The topological polar surface area (TPSA) is 66.9 Å². The second-order valence-electron chi connectivity index (χ2n) is 5.24. The van der Waals surface area contributed by atoms with Gasteiger partial charge in [0.05, 0.1) is 11.7 Å². The van der Waals surface area contributed by atoms with Crippen LogP contribution in [0.3, 0.4) is 0 Å². The number of pyridine rings is 1. The van der Waals surface area contributed by atoms with Crippen LogP contribution in [-0.4, -0.2) is 16.0 Å². The molecule has 0 aliphatic carbocycles. The average molecular weight is 338 g/mol. The van der Waals surface area contributed by atoms with E-state index in [2.05, 4.69) is 20.6 Å². The minimum atomic E-state index is -0.249. The summed E-state index contributed by atoms with van der Waals surface area (Å²) in [5.41, 5.74) is 2.89. The summed E-state index contributed by atoms with van der Waals surface area (Å²) in [5.74, 6) is 0. The van der Waals surface area contributed by atoms with Crippen LogP contribution in [0.1, 0.15) is 24.9 Å². The predicted molar refractivity (Wildman–Crippen MR) is 97.0 cm³/mol. The second kappa shape index (κ2) is 7.70. The van der Waals surface area contributed by atoms with Gasteiger partial charge in [0.2, 0.25) is 0 Å². The molecule has 0 spiro atoms. The van der Waals surface area contributed by atoms with Gasteiger partial charge in [-0.25, -0.2) is 9.78 Å². The number of benzene rings is 1. The summed E-state index contributed by atoms with van der Waals surface area (Å²) in [5, 5.41) is 8.28. The molecule has 0 saturated heterocycles. The third-order valence-corrected chi connectivity index (χ3v) is 4.37. The number of carbonyl (C=O) groups is 1. The predicted octanol–water partition coefficient (Wildman–Crippen LogP) is 4.48. The Morgan fingerprint density at radius 3 is 2.62 bits per heavy atom. The van der Waals surface area contributed by atoms with Crippen molar-refractivity contribution in [3.8, 4) is 11.3 Å². The number of nitrogens with one attached hydrogen (secondary N) is 2. The van der Waals surface area contributed by atoms with Crippen molar-refractivity contribution in [3.05, 3.63) is 65.8 Å². The third kappa shape index (κ3) is 3.97. The summed E-state index contributed by atoms with van der Waals surface area (Å²) in [6.45, 7) is 2.04. The van der Waals surface area contributed by atoms with Crippen LogP contribution < -0.4 is 10.6 Å². The molecule has 2 heterocycles. The van der Waals surface area contributed by atoms with Gasteiger partial charge in [-0.3, -0.25) is 10.3 Å². The Labute approximate surface area is 144 Å². The Hall–Kier alpha value is -2.73. The van der Waals surface area contributed by atoms with E-state index in [1.165, 1.54) is 11.3 Å². The van der Waals surface area contributed by atoms with Gasteiger partial charge in [-0.15, -0.1) is 11.3 Å². The highest BCUT2D eigenvalue weighted by Gasteiger charge is 2.13. The summed E-state index contributed by atoms with van der Waals surface area (Å²) in [4.78, 5) is 20.7. The van der Waals surface area contributed by atoms with Crippen molar-refractivity contribution in [2.45, 2.75) is 19.4 Å². The first-order valence-electron chi connectivity index (χ1n) is 7.74. The van der Waals surface area contributed by atoms with Crippen LogP contribution >= 0.6 is 11.3 Å². The highest BCUT2D eigenvalue weighted by Crippen LogP contribution is 2.24. The molecule has 0 bridgehead atoms. The zero-order valence-corrected chi connectivity index (χ0v) is 14.1. The third-order valence-electron chi connectivity index (χ3n) is 3.62. The van der Waals surface area contributed by atoms with Gasteiger partial charge < -0.3 is 5.32 Å². The lowest BCUT2D eigenvalue weighted by atomic mass is 10.1.